The fraction of sp³-hybridized carbons (Fsp3) is 0.600. The minimum Gasteiger partial charge on any atom is -0.481 e. The summed E-state index contributed by atoms with van der Waals surface area (Å²) >= 11 is 0. The monoisotopic (exact) mass is 358 g/mol. The molecule has 2 heterocycles. The summed E-state index contributed by atoms with van der Waals surface area (Å²) in [4.78, 5) is 28.0. The van der Waals surface area contributed by atoms with Crippen LogP contribution in [0.15, 0.2) is 18.2 Å². The van der Waals surface area contributed by atoms with E-state index >= 15 is 0 Å². The number of piperidine rings is 2. The molecule has 0 amide bonds. The summed E-state index contributed by atoms with van der Waals surface area (Å²) in [5.41, 5.74) is 1.74. The fourth-order valence-corrected chi connectivity index (χ4v) is 5.14. The van der Waals surface area contributed by atoms with E-state index in [0.717, 1.165) is 25.9 Å². The van der Waals surface area contributed by atoms with Gasteiger partial charge in [0.15, 0.2) is 0 Å². The number of carboxylic acids is 2. The minimum absolute atomic E-state index is 0.275. The Morgan fingerprint density at radius 3 is 2.15 bits per heavy atom. The van der Waals surface area contributed by atoms with Crippen LogP contribution < -0.4 is 4.90 Å². The van der Waals surface area contributed by atoms with Crippen LogP contribution >= 0.6 is 0 Å². The van der Waals surface area contributed by atoms with E-state index in [1.807, 2.05) is 0 Å². The van der Waals surface area contributed by atoms with Gasteiger partial charge in [0.25, 0.3) is 0 Å². The lowest BCUT2D eigenvalue weighted by atomic mass is 9.97. The Balaban J connectivity index is 1.44. The molecule has 2 aliphatic heterocycles. The van der Waals surface area contributed by atoms with Gasteiger partial charge in [0, 0.05) is 37.9 Å². The molecule has 2 saturated heterocycles. The largest absolute Gasteiger partial charge is 0.481 e. The summed E-state index contributed by atoms with van der Waals surface area (Å²) in [6, 6.07) is 6.65. The lowest BCUT2D eigenvalue weighted by Gasteiger charge is -2.39. The maximum Gasteiger partial charge on any atom is 0.312 e. The average Bonchev–Trinajstić information content (AvgIpc) is 3.16. The van der Waals surface area contributed by atoms with Crippen LogP contribution in [0.2, 0.25) is 0 Å². The van der Waals surface area contributed by atoms with Crippen LogP contribution in [-0.2, 0) is 9.59 Å². The van der Waals surface area contributed by atoms with Gasteiger partial charge in [-0.2, -0.15) is 0 Å². The van der Waals surface area contributed by atoms with Crippen molar-refractivity contribution in [1.29, 1.82) is 0 Å². The van der Waals surface area contributed by atoms with Crippen molar-refractivity contribution in [3.05, 3.63) is 29.3 Å². The number of fused-ring (bicyclic) bond motifs is 1. The third kappa shape index (κ3) is 2.28. The van der Waals surface area contributed by atoms with Crippen molar-refractivity contribution >= 4 is 17.6 Å². The summed E-state index contributed by atoms with van der Waals surface area (Å²) in [7, 11) is 0. The molecule has 0 radical (unpaired) electrons. The van der Waals surface area contributed by atoms with Crippen LogP contribution in [0, 0.1) is 24.7 Å². The fourth-order valence-electron chi connectivity index (χ4n) is 5.14. The van der Waals surface area contributed by atoms with E-state index < -0.39 is 22.8 Å². The van der Waals surface area contributed by atoms with Crippen molar-refractivity contribution in [2.45, 2.75) is 39.2 Å². The van der Waals surface area contributed by atoms with Crippen LogP contribution in [0.5, 0.6) is 0 Å². The van der Waals surface area contributed by atoms with Gasteiger partial charge in [-0.1, -0.05) is 12.1 Å². The van der Waals surface area contributed by atoms with E-state index in [-0.39, 0.29) is 12.5 Å². The van der Waals surface area contributed by atoms with Gasteiger partial charge in [-0.05, 0) is 50.3 Å². The standard InChI is InChI=1S/C20H26N2O4/c1-13-4-3-5-16(14(13)2)21-8-6-15(7-9-21)22-11-19(17(23)24)10-20(19,12-22)18(25)26/h3-5,15H,6-12H2,1-2H3,(H,23,24)(H,25,26)/t19-,20+. The van der Waals surface area contributed by atoms with Gasteiger partial charge < -0.3 is 15.1 Å². The Bertz CT molecular complexity index is 743. The highest BCUT2D eigenvalue weighted by Gasteiger charge is 2.81. The van der Waals surface area contributed by atoms with Crippen molar-refractivity contribution in [2.75, 3.05) is 31.1 Å². The van der Waals surface area contributed by atoms with Gasteiger partial charge in [-0.15, -0.1) is 0 Å². The number of anilines is 1. The second-order valence-electron chi connectivity index (χ2n) is 8.29. The zero-order chi connectivity index (χ0) is 18.7. The first-order chi connectivity index (χ1) is 12.3. The number of nitrogens with zero attached hydrogens (tertiary/aromatic N) is 2. The van der Waals surface area contributed by atoms with Gasteiger partial charge >= 0.3 is 11.9 Å². The van der Waals surface area contributed by atoms with Gasteiger partial charge in [0.05, 0.1) is 10.8 Å². The molecule has 6 nitrogen and oxygen atoms in total. The van der Waals surface area contributed by atoms with Crippen LogP contribution in [0.25, 0.3) is 0 Å². The molecule has 0 bridgehead atoms. The molecule has 2 atom stereocenters. The summed E-state index contributed by atoms with van der Waals surface area (Å²) < 4.78 is 0. The van der Waals surface area contributed by atoms with E-state index in [4.69, 9.17) is 0 Å². The van der Waals surface area contributed by atoms with Crippen LogP contribution in [0.3, 0.4) is 0 Å². The first kappa shape index (κ1) is 17.3. The lowest BCUT2D eigenvalue weighted by Crippen LogP contribution is -2.46. The number of likely N-dealkylation sites (tertiary alicyclic amines) is 1. The second kappa shape index (κ2) is 5.71. The molecule has 2 N–H and O–H groups in total. The highest BCUT2D eigenvalue weighted by Crippen LogP contribution is 2.69. The molecular formula is C20H26N2O4. The molecule has 26 heavy (non-hydrogen) atoms. The smallest absolute Gasteiger partial charge is 0.312 e. The Morgan fingerprint density at radius 2 is 1.62 bits per heavy atom. The maximum atomic E-state index is 11.7. The first-order valence-corrected chi connectivity index (χ1v) is 9.33. The number of carboxylic acid groups (broad SMARTS) is 2. The second-order valence-corrected chi connectivity index (χ2v) is 8.29. The van der Waals surface area contributed by atoms with Crippen molar-refractivity contribution in [1.82, 2.24) is 4.90 Å². The summed E-state index contributed by atoms with van der Waals surface area (Å²) in [6.07, 6.45) is 2.17. The molecule has 6 heteroatoms. The van der Waals surface area contributed by atoms with E-state index in [1.165, 1.54) is 16.8 Å². The number of carbonyl (C=O) groups is 2. The Hall–Kier alpha value is -2.08. The first-order valence-electron chi connectivity index (χ1n) is 9.33. The van der Waals surface area contributed by atoms with Gasteiger partial charge in [0.1, 0.15) is 0 Å². The van der Waals surface area contributed by atoms with E-state index in [1.54, 1.807) is 0 Å². The van der Waals surface area contributed by atoms with Crippen LogP contribution in [0.1, 0.15) is 30.4 Å². The predicted octanol–water partition coefficient (Wildman–Crippen LogP) is 2.13. The third-order valence-corrected chi connectivity index (χ3v) is 7.06. The third-order valence-electron chi connectivity index (χ3n) is 7.06. The average molecular weight is 358 g/mol. The molecule has 3 aliphatic rings. The SMILES string of the molecule is Cc1cccc(N2CCC(N3C[C@@]4(C(=O)O)C[C@@]4(C(=O)O)C3)CC2)c1C. The Kier molecular flexibility index (Phi) is 3.81. The van der Waals surface area contributed by atoms with Gasteiger partial charge in [-0.25, -0.2) is 0 Å². The quantitative estimate of drug-likeness (QED) is 0.858. The van der Waals surface area contributed by atoms with Gasteiger partial charge in [0.2, 0.25) is 0 Å². The highest BCUT2D eigenvalue weighted by atomic mass is 16.4. The van der Waals surface area contributed by atoms with Crippen molar-refractivity contribution in [3.8, 4) is 0 Å². The Morgan fingerprint density at radius 1 is 1.04 bits per heavy atom. The van der Waals surface area contributed by atoms with Crippen molar-refractivity contribution in [3.63, 3.8) is 0 Å². The predicted molar refractivity (Wildman–Crippen MR) is 97.5 cm³/mol. The van der Waals surface area contributed by atoms with Gasteiger partial charge in [-0.3, -0.25) is 14.5 Å². The molecular weight excluding hydrogens is 332 g/mol. The number of rotatable bonds is 4. The zero-order valence-electron chi connectivity index (χ0n) is 15.4. The van der Waals surface area contributed by atoms with Crippen molar-refractivity contribution in [2.24, 2.45) is 10.8 Å². The summed E-state index contributed by atoms with van der Waals surface area (Å²) in [5, 5.41) is 19.2. The number of hydrogen-bond donors (Lipinski definition) is 2. The summed E-state index contributed by atoms with van der Waals surface area (Å²) in [5.74, 6) is -1.90. The van der Waals surface area contributed by atoms with E-state index in [0.29, 0.717) is 13.1 Å². The highest BCUT2D eigenvalue weighted by molar-refractivity contribution is 5.94. The maximum absolute atomic E-state index is 11.7. The van der Waals surface area contributed by atoms with Crippen molar-refractivity contribution < 1.29 is 19.8 Å². The molecule has 1 aliphatic carbocycles. The summed E-state index contributed by atoms with van der Waals surface area (Å²) in [6.45, 7) is 6.87. The molecule has 0 aromatic heterocycles. The number of benzene rings is 1. The minimum atomic E-state index is -1.07. The number of aryl methyl sites for hydroxylation is 1. The lowest BCUT2D eigenvalue weighted by molar-refractivity contribution is -0.151. The normalized spacial score (nSPS) is 31.7. The zero-order valence-corrected chi connectivity index (χ0v) is 15.4. The molecule has 1 aromatic carbocycles. The number of aliphatic carboxylic acids is 2. The topological polar surface area (TPSA) is 81.1 Å². The molecule has 1 saturated carbocycles. The van der Waals surface area contributed by atoms with E-state index in [9.17, 15) is 19.8 Å². The van der Waals surface area contributed by atoms with Crippen LogP contribution in [-0.4, -0.2) is 59.3 Å². The molecule has 3 fully saturated rings. The molecule has 0 unspecified atom stereocenters. The molecule has 140 valence electrons. The van der Waals surface area contributed by atoms with E-state index in [2.05, 4.69) is 41.8 Å². The van der Waals surface area contributed by atoms with Crippen LogP contribution in [0.4, 0.5) is 5.69 Å². The molecule has 1 aromatic rings. The molecule has 4 rings (SSSR count). The Labute approximate surface area is 153 Å². The number of hydrogen-bond acceptors (Lipinski definition) is 4. The molecule has 0 spiro atoms.